The van der Waals surface area contributed by atoms with Gasteiger partial charge in [0, 0.05) is 12.3 Å². The molecule has 0 radical (unpaired) electrons. The van der Waals surface area contributed by atoms with Crippen LogP contribution in [0.2, 0.25) is 0 Å². The molecule has 1 saturated heterocycles. The summed E-state index contributed by atoms with van der Waals surface area (Å²) in [6.45, 7) is 8.78. The van der Waals surface area contributed by atoms with Crippen LogP contribution < -0.4 is 14.9 Å². The van der Waals surface area contributed by atoms with Crippen LogP contribution in [0, 0.1) is 0 Å². The van der Waals surface area contributed by atoms with Crippen molar-refractivity contribution in [2.45, 2.75) is 63.6 Å². The second-order valence-electron chi connectivity index (χ2n) is 9.08. The van der Waals surface area contributed by atoms with E-state index < -0.39 is 55.4 Å². The number of esters is 1. The van der Waals surface area contributed by atoms with Crippen LogP contribution in [-0.2, 0) is 23.6 Å². The van der Waals surface area contributed by atoms with Crippen molar-refractivity contribution in [3.63, 3.8) is 0 Å². The van der Waals surface area contributed by atoms with Gasteiger partial charge in [0.2, 0.25) is 0 Å². The number of aliphatic hydroxyl groups excluding tert-OH is 1. The van der Waals surface area contributed by atoms with Crippen LogP contribution in [0.25, 0.3) is 0 Å². The lowest BCUT2D eigenvalue weighted by Crippen LogP contribution is -2.54. The van der Waals surface area contributed by atoms with E-state index >= 15 is 4.39 Å². The number of alkyl halides is 1. The number of halogens is 1. The third kappa shape index (κ3) is 6.80. The summed E-state index contributed by atoms with van der Waals surface area (Å²) in [5.41, 5.74) is -2.16. The molecule has 0 saturated carbocycles. The second-order valence-corrected chi connectivity index (χ2v) is 12.4. The van der Waals surface area contributed by atoms with Gasteiger partial charge in [-0.3, -0.25) is 14.1 Å². The van der Waals surface area contributed by atoms with E-state index in [-0.39, 0.29) is 11.9 Å². The number of aliphatic hydroxyl groups is 2. The second kappa shape index (κ2) is 11.2. The monoisotopic (exact) mass is 560 g/mol. The van der Waals surface area contributed by atoms with Gasteiger partial charge in [-0.15, -0.1) is 5.09 Å². The van der Waals surface area contributed by atoms with Crippen LogP contribution in [0.5, 0.6) is 5.75 Å². The Morgan fingerprint density at radius 1 is 1.38 bits per heavy atom. The molecule has 3 rings (SSSR count). The van der Waals surface area contributed by atoms with Crippen molar-refractivity contribution in [3.8, 4) is 5.75 Å². The maximum atomic E-state index is 16.0. The molecule has 2 heterocycles. The summed E-state index contributed by atoms with van der Waals surface area (Å²) >= 11 is 4.48. The molecule has 11 nitrogen and oxygen atoms in total. The molecule has 0 aliphatic carbocycles. The Bertz CT molecular complexity index is 1050. The van der Waals surface area contributed by atoms with E-state index in [0.717, 1.165) is 6.08 Å². The molecule has 0 aromatic heterocycles. The van der Waals surface area contributed by atoms with E-state index in [0.29, 0.717) is 5.75 Å². The van der Waals surface area contributed by atoms with Gasteiger partial charge in [-0.25, -0.2) is 4.39 Å². The molecule has 1 aromatic carbocycles. The number of para-hydroxylation sites is 1. The minimum Gasteiger partial charge on any atom is -0.462 e. The molecule has 1 amide bonds. The average molecular weight is 561 g/mol. The van der Waals surface area contributed by atoms with Crippen LogP contribution in [-0.4, -0.2) is 69.5 Å². The Morgan fingerprint density at radius 3 is 2.62 bits per heavy atom. The summed E-state index contributed by atoms with van der Waals surface area (Å²) in [6.07, 6.45) is -1.56. The summed E-state index contributed by atoms with van der Waals surface area (Å²) in [5.74, 6) is -3.69. The Morgan fingerprint density at radius 2 is 2.03 bits per heavy atom. The summed E-state index contributed by atoms with van der Waals surface area (Å²) < 4.78 is 38.3. The predicted molar refractivity (Wildman–Crippen MR) is 136 cm³/mol. The fraction of sp³-hybridized carbons (Fsp3) is 0.478. The minimum atomic E-state index is -3.55. The fourth-order valence-corrected chi connectivity index (χ4v) is 6.13. The van der Waals surface area contributed by atoms with Crippen molar-refractivity contribution < 1.29 is 42.7 Å². The minimum absolute atomic E-state index is 0.0118. The summed E-state index contributed by atoms with van der Waals surface area (Å²) in [4.78, 5) is 25.1. The normalized spacial score (nSPS) is 30.1. The van der Waals surface area contributed by atoms with Gasteiger partial charge in [0.15, 0.2) is 18.6 Å². The molecule has 37 heavy (non-hydrogen) atoms. The molecule has 1 fully saturated rings. The van der Waals surface area contributed by atoms with Crippen molar-refractivity contribution >= 4 is 31.2 Å². The smallest absolute Gasteiger partial charge is 0.455 e. The van der Waals surface area contributed by atoms with E-state index in [2.05, 4.69) is 29.2 Å². The van der Waals surface area contributed by atoms with E-state index in [4.69, 9.17) is 18.5 Å². The first-order valence-corrected chi connectivity index (χ1v) is 14.2. The molecule has 2 unspecified atom stereocenters. The zero-order valence-corrected chi connectivity index (χ0v) is 22.6. The van der Waals surface area contributed by atoms with Crippen LogP contribution in [0.1, 0.15) is 27.7 Å². The number of hydrogen-bond donors (Lipinski definition) is 5. The highest BCUT2D eigenvalue weighted by Crippen LogP contribution is 2.62. The average Bonchev–Trinajstić information content (AvgIpc) is 2.98. The maximum Gasteiger partial charge on any atom is 0.455 e. The van der Waals surface area contributed by atoms with Gasteiger partial charge < -0.3 is 29.9 Å². The molecule has 0 bridgehead atoms. The molecule has 6 atom stereocenters. The third-order valence-electron chi connectivity index (χ3n) is 5.46. The first-order chi connectivity index (χ1) is 17.2. The molecule has 4 N–H and O–H groups in total. The summed E-state index contributed by atoms with van der Waals surface area (Å²) in [6, 6.07) is 7.43. The van der Waals surface area contributed by atoms with Gasteiger partial charge in [-0.2, -0.15) is 4.52 Å². The SMILES string of the molecule is C=C1NC(=O)C=CN1[C@@H]1O[C@](F)(CO[P+](S)(NC(C)C(=O)OC(C)C)Oc2ccccc2)[C@@H](O)[C@@]1(C)O. The largest absolute Gasteiger partial charge is 0.462 e. The number of nitrogens with one attached hydrogen (secondary N) is 2. The molecule has 0 spiro atoms. The van der Waals surface area contributed by atoms with Crippen LogP contribution in [0.4, 0.5) is 4.39 Å². The third-order valence-corrected chi connectivity index (χ3v) is 8.05. The number of hydrogen-bond acceptors (Lipinski definition) is 11. The van der Waals surface area contributed by atoms with Crippen LogP contribution >= 0.6 is 19.3 Å². The molecule has 1 aromatic rings. The summed E-state index contributed by atoms with van der Waals surface area (Å²) in [7, 11) is -3.55. The number of amides is 1. The van der Waals surface area contributed by atoms with Crippen LogP contribution in [0.15, 0.2) is 55.0 Å². The van der Waals surface area contributed by atoms with Crippen molar-refractivity contribution in [1.82, 2.24) is 15.3 Å². The topological polar surface area (TPSA) is 139 Å². The lowest BCUT2D eigenvalue weighted by molar-refractivity contribution is -0.206. The Hall–Kier alpha value is -2.25. The van der Waals surface area contributed by atoms with Gasteiger partial charge in [-0.1, -0.05) is 24.8 Å². The standard InChI is InChI=1S/C23H31FN3O8PS/c1-14(2)33-19(29)15(3)26-36(37,35-17-9-7-6-8-10-17)32-13-23(24)20(30)22(5,31)21(34-23)27-12-11-18(28)25-16(27)4/h6-12,14-15,20-21,26,30-31,37H,4,13H2,1-3,5H3/p+1/t15?,20-,21+,22+,23+,36?/m0/s1. The van der Waals surface area contributed by atoms with Crippen LogP contribution in [0.3, 0.4) is 0 Å². The number of rotatable bonds is 10. The lowest BCUT2D eigenvalue weighted by Gasteiger charge is -2.36. The van der Waals surface area contributed by atoms with Gasteiger partial charge in [-0.05, 0) is 39.8 Å². The highest BCUT2D eigenvalue weighted by atomic mass is 32.7. The number of benzene rings is 1. The number of nitrogens with zero attached hydrogens (tertiary/aromatic N) is 1. The fourth-order valence-electron chi connectivity index (χ4n) is 3.62. The van der Waals surface area contributed by atoms with Crippen molar-refractivity contribution in [2.24, 2.45) is 0 Å². The van der Waals surface area contributed by atoms with E-state index in [1.807, 2.05) is 0 Å². The van der Waals surface area contributed by atoms with Crippen molar-refractivity contribution in [3.05, 3.63) is 55.0 Å². The highest BCUT2D eigenvalue weighted by molar-refractivity contribution is 8.48. The maximum absolute atomic E-state index is 16.0. The number of carbonyl (C=O) groups is 2. The first kappa shape index (κ1) is 29.3. The van der Waals surface area contributed by atoms with E-state index in [9.17, 15) is 19.8 Å². The quantitative estimate of drug-likeness (QED) is 0.164. The zero-order valence-electron chi connectivity index (χ0n) is 20.8. The van der Waals surface area contributed by atoms with Gasteiger partial charge in [0.05, 0.1) is 18.4 Å². The molecule has 2 aliphatic heterocycles. The van der Waals surface area contributed by atoms with Gasteiger partial charge in [0.25, 0.3) is 11.8 Å². The van der Waals surface area contributed by atoms with Crippen molar-refractivity contribution in [1.29, 1.82) is 0 Å². The van der Waals surface area contributed by atoms with Gasteiger partial charge >= 0.3 is 13.0 Å². The van der Waals surface area contributed by atoms with E-state index in [1.165, 1.54) is 24.9 Å². The molecular formula is C23H32FN3O8PS+. The number of thiol groups is 1. The Balaban J connectivity index is 1.81. The Kier molecular flexibility index (Phi) is 8.90. The van der Waals surface area contributed by atoms with Gasteiger partial charge in [0.1, 0.15) is 23.6 Å². The van der Waals surface area contributed by atoms with Crippen molar-refractivity contribution in [2.75, 3.05) is 6.61 Å². The number of carbonyl (C=O) groups excluding carboxylic acids is 2. The molecule has 2 aliphatic rings. The lowest BCUT2D eigenvalue weighted by atomic mass is 9.95. The molecule has 14 heteroatoms. The number of ether oxygens (including phenoxy) is 2. The molecule has 204 valence electrons. The van der Waals surface area contributed by atoms with E-state index in [1.54, 1.807) is 44.2 Å². The molecular weight excluding hydrogens is 528 g/mol. The first-order valence-electron chi connectivity index (χ1n) is 11.4. The predicted octanol–water partition coefficient (Wildman–Crippen LogP) is 2.17. The Labute approximate surface area is 220 Å². The summed E-state index contributed by atoms with van der Waals surface area (Å²) in [5, 5.41) is 26.9. The highest BCUT2D eigenvalue weighted by Gasteiger charge is 2.65. The zero-order chi connectivity index (χ0) is 27.6.